The fourth-order valence-corrected chi connectivity index (χ4v) is 3.33. The number of alkyl carbamates (subject to hydrolysis) is 1. The van der Waals surface area contributed by atoms with E-state index >= 15 is 0 Å². The summed E-state index contributed by atoms with van der Waals surface area (Å²) in [6, 6.07) is 2.00. The lowest BCUT2D eigenvalue weighted by Crippen LogP contribution is -2.47. The van der Waals surface area contributed by atoms with Crippen LogP contribution >= 0.6 is 15.9 Å². The highest BCUT2D eigenvalue weighted by Crippen LogP contribution is 2.18. The number of hydrogen-bond donors (Lipinski definition) is 1. The topological polar surface area (TPSA) is 56.2 Å². The first kappa shape index (κ1) is 22.0. The van der Waals surface area contributed by atoms with E-state index in [0.717, 1.165) is 35.3 Å². The Bertz CT molecular complexity index is 554. The number of carbonyl (C=O) groups excluding carboxylic acids is 1. The lowest BCUT2D eigenvalue weighted by Gasteiger charge is -2.35. The summed E-state index contributed by atoms with van der Waals surface area (Å²) in [5.41, 5.74) is 0.680. The molecule has 0 fully saturated rings. The van der Waals surface area contributed by atoms with E-state index in [1.165, 1.54) is 5.69 Å². The van der Waals surface area contributed by atoms with Crippen LogP contribution in [-0.2, 0) is 17.8 Å². The van der Waals surface area contributed by atoms with Gasteiger partial charge in [0.05, 0.1) is 31.9 Å². The second kappa shape index (κ2) is 9.03. The van der Waals surface area contributed by atoms with Gasteiger partial charge in [-0.05, 0) is 70.5 Å². The fraction of sp³-hybridized carbons (Fsp3) is 0.778. The van der Waals surface area contributed by atoms with Gasteiger partial charge in [0.2, 0.25) is 0 Å². The van der Waals surface area contributed by atoms with Gasteiger partial charge in [0.25, 0.3) is 0 Å². The predicted molar refractivity (Wildman–Crippen MR) is 104 cm³/mol. The van der Waals surface area contributed by atoms with Gasteiger partial charge in [-0.25, -0.2) is 4.79 Å². The van der Waals surface area contributed by atoms with Gasteiger partial charge in [-0.2, -0.15) is 5.10 Å². The number of carbonyl (C=O) groups is 1. The van der Waals surface area contributed by atoms with E-state index in [0.29, 0.717) is 6.54 Å². The van der Waals surface area contributed by atoms with Gasteiger partial charge in [0, 0.05) is 6.04 Å². The number of ether oxygens (including phenoxy) is 1. The lowest BCUT2D eigenvalue weighted by atomic mass is 10.2. The molecule has 1 atom stereocenters. The molecule has 144 valence electrons. The van der Waals surface area contributed by atoms with E-state index in [9.17, 15) is 4.79 Å². The molecule has 0 saturated heterocycles. The molecule has 0 aliphatic heterocycles. The Hall–Kier alpha value is -1.08. The van der Waals surface area contributed by atoms with Gasteiger partial charge in [0.1, 0.15) is 16.7 Å². The normalized spacial score (nSPS) is 13.6. The Labute approximate surface area is 160 Å². The number of nitrogens with one attached hydrogen (secondary N) is 1. The smallest absolute Gasteiger partial charge is 0.407 e. The zero-order valence-corrected chi connectivity index (χ0v) is 18.3. The molecule has 1 amide bonds. The quantitative estimate of drug-likeness (QED) is 0.651. The van der Waals surface area contributed by atoms with Crippen LogP contribution in [0.2, 0.25) is 0 Å². The van der Waals surface area contributed by atoms with Crippen LogP contribution in [0.1, 0.15) is 54.2 Å². The molecule has 1 aromatic rings. The van der Waals surface area contributed by atoms with Gasteiger partial charge in [-0.3, -0.25) is 4.68 Å². The van der Waals surface area contributed by atoms with Crippen molar-refractivity contribution in [3.8, 4) is 0 Å². The van der Waals surface area contributed by atoms with Crippen molar-refractivity contribution in [3.63, 3.8) is 0 Å². The molecule has 6 nitrogen and oxygen atoms in total. The van der Waals surface area contributed by atoms with Crippen molar-refractivity contribution >= 4 is 22.0 Å². The van der Waals surface area contributed by atoms with Crippen molar-refractivity contribution < 1.29 is 14.0 Å². The molecule has 0 aliphatic rings. The number of amides is 1. The maximum absolute atomic E-state index is 11.9. The van der Waals surface area contributed by atoms with Crippen molar-refractivity contribution in [2.24, 2.45) is 0 Å². The average molecular weight is 418 g/mol. The number of aromatic nitrogens is 2. The molecule has 0 spiro atoms. The first-order chi connectivity index (χ1) is 11.5. The molecule has 1 aromatic heterocycles. The Kier molecular flexibility index (Phi) is 7.93. The van der Waals surface area contributed by atoms with E-state index < -0.39 is 11.7 Å². The van der Waals surface area contributed by atoms with Crippen molar-refractivity contribution in [3.05, 3.63) is 16.4 Å². The highest BCUT2D eigenvalue weighted by Gasteiger charge is 2.25. The van der Waals surface area contributed by atoms with Crippen LogP contribution in [-0.4, -0.2) is 51.6 Å². The summed E-state index contributed by atoms with van der Waals surface area (Å²) >= 11 is 3.49. The molecular weight excluding hydrogens is 384 g/mol. The Balaban J connectivity index is 2.81. The molecule has 1 N–H and O–H groups in total. The largest absolute Gasteiger partial charge is 0.444 e. The van der Waals surface area contributed by atoms with Crippen LogP contribution in [0.4, 0.5) is 4.79 Å². The van der Waals surface area contributed by atoms with Crippen molar-refractivity contribution in [1.82, 2.24) is 15.1 Å². The van der Waals surface area contributed by atoms with Crippen molar-refractivity contribution in [2.45, 2.75) is 73.2 Å². The van der Waals surface area contributed by atoms with E-state index in [4.69, 9.17) is 4.74 Å². The van der Waals surface area contributed by atoms with Gasteiger partial charge >= 0.3 is 6.09 Å². The zero-order chi connectivity index (χ0) is 19.3. The van der Waals surface area contributed by atoms with Gasteiger partial charge in [-0.1, -0.05) is 0 Å². The molecule has 0 radical (unpaired) electrons. The maximum atomic E-state index is 11.9. The highest BCUT2D eigenvalue weighted by atomic mass is 79.9. The lowest BCUT2D eigenvalue weighted by molar-refractivity contribution is -0.936. The van der Waals surface area contributed by atoms with Crippen LogP contribution in [0.5, 0.6) is 0 Å². The molecule has 1 unspecified atom stereocenters. The first-order valence-electron chi connectivity index (χ1n) is 9.11. The molecule has 1 heterocycles. The number of halogens is 1. The second-order valence-corrected chi connectivity index (χ2v) is 8.45. The number of rotatable bonds is 8. The Morgan fingerprint density at radius 2 is 1.88 bits per heavy atom. The summed E-state index contributed by atoms with van der Waals surface area (Å²) < 4.78 is 9.16. The van der Waals surface area contributed by atoms with Gasteiger partial charge in [0.15, 0.2) is 0 Å². The predicted octanol–water partition coefficient (Wildman–Crippen LogP) is 3.94. The molecule has 1 rings (SSSR count). The minimum atomic E-state index is -0.496. The van der Waals surface area contributed by atoms with E-state index in [-0.39, 0.29) is 6.04 Å². The van der Waals surface area contributed by atoms with Gasteiger partial charge in [-0.15, -0.1) is 0 Å². The van der Waals surface area contributed by atoms with Crippen molar-refractivity contribution in [1.29, 1.82) is 0 Å². The summed E-state index contributed by atoms with van der Waals surface area (Å²) in [6.07, 6.45) is -0.395. The molecule has 7 heteroatoms. The molecule has 0 aliphatic carbocycles. The summed E-state index contributed by atoms with van der Waals surface area (Å²) in [6.45, 7) is 19.0. The Morgan fingerprint density at radius 1 is 1.32 bits per heavy atom. The fourth-order valence-electron chi connectivity index (χ4n) is 2.87. The number of quaternary nitrogens is 1. The zero-order valence-electron chi connectivity index (χ0n) is 16.7. The average Bonchev–Trinajstić information content (AvgIpc) is 2.81. The minimum Gasteiger partial charge on any atom is -0.444 e. The SMILES string of the molecule is CC[N+](CC)(CC)Cc1cc(Br)nn1CC(C)NC(=O)OC(C)(C)C. The van der Waals surface area contributed by atoms with Gasteiger partial charge < -0.3 is 14.5 Å². The molecule has 0 aromatic carbocycles. The third-order valence-electron chi connectivity index (χ3n) is 4.55. The maximum Gasteiger partial charge on any atom is 0.407 e. The molecular formula is C18H34BrN4O2+. The van der Waals surface area contributed by atoms with Crippen LogP contribution in [0.3, 0.4) is 0 Å². The highest BCUT2D eigenvalue weighted by molar-refractivity contribution is 9.10. The standard InChI is InChI=1S/C18H33BrN4O2/c1-8-23(9-2,10-3)13-15-11-16(19)21-22(15)12-14(4)20-17(24)25-18(5,6)7/h11,14H,8-10,12-13H2,1-7H3/p+1. The van der Waals surface area contributed by atoms with Crippen LogP contribution < -0.4 is 5.32 Å². The monoisotopic (exact) mass is 417 g/mol. The van der Waals surface area contributed by atoms with Crippen LogP contribution in [0.15, 0.2) is 10.7 Å². The molecule has 0 bridgehead atoms. The summed E-state index contributed by atoms with van der Waals surface area (Å²) in [5, 5.41) is 7.43. The molecule has 0 saturated carbocycles. The third kappa shape index (κ3) is 6.98. The first-order valence-corrected chi connectivity index (χ1v) is 9.90. The van der Waals surface area contributed by atoms with E-state index in [2.05, 4.69) is 53.2 Å². The van der Waals surface area contributed by atoms with Crippen molar-refractivity contribution in [2.75, 3.05) is 19.6 Å². The second-order valence-electron chi connectivity index (χ2n) is 7.64. The van der Waals surface area contributed by atoms with Crippen LogP contribution in [0, 0.1) is 0 Å². The Morgan fingerprint density at radius 3 is 2.36 bits per heavy atom. The summed E-state index contributed by atoms with van der Waals surface area (Å²) in [7, 11) is 0. The summed E-state index contributed by atoms with van der Waals surface area (Å²) in [5.74, 6) is 0. The van der Waals surface area contributed by atoms with Crippen LogP contribution in [0.25, 0.3) is 0 Å². The van der Waals surface area contributed by atoms with E-state index in [1.54, 1.807) is 0 Å². The van der Waals surface area contributed by atoms with E-state index in [1.807, 2.05) is 32.4 Å². The number of hydrogen-bond acceptors (Lipinski definition) is 3. The third-order valence-corrected chi connectivity index (χ3v) is 4.94. The minimum absolute atomic E-state index is 0.0767. The molecule has 25 heavy (non-hydrogen) atoms. The number of nitrogens with zero attached hydrogens (tertiary/aromatic N) is 3. The summed E-state index contributed by atoms with van der Waals surface area (Å²) in [4.78, 5) is 11.9.